The summed E-state index contributed by atoms with van der Waals surface area (Å²) in [5.74, 6) is -1.53. The number of nitrogens with one attached hydrogen (secondary N) is 1. The fourth-order valence-electron chi connectivity index (χ4n) is 2.73. The largest absolute Gasteiger partial charge is 0.303 e. The van der Waals surface area contributed by atoms with E-state index in [9.17, 15) is 17.2 Å². The molecule has 2 rings (SSSR count). The van der Waals surface area contributed by atoms with Gasteiger partial charge < -0.3 is 4.90 Å². The van der Waals surface area contributed by atoms with Crippen molar-refractivity contribution >= 4 is 10.0 Å². The van der Waals surface area contributed by atoms with Crippen molar-refractivity contribution in [1.29, 1.82) is 0 Å². The first-order chi connectivity index (χ1) is 10.4. The minimum Gasteiger partial charge on any atom is -0.303 e. The summed E-state index contributed by atoms with van der Waals surface area (Å²) in [6.07, 6.45) is 3.12. The van der Waals surface area contributed by atoms with E-state index in [0.717, 1.165) is 31.8 Å². The maximum atomic E-state index is 13.1. The number of halogens is 2. The summed E-state index contributed by atoms with van der Waals surface area (Å²) in [7, 11) is -3.79. The molecule has 1 heterocycles. The zero-order valence-corrected chi connectivity index (χ0v) is 13.5. The predicted octanol–water partition coefficient (Wildman–Crippen LogP) is 2.37. The smallest absolute Gasteiger partial charge is 0.240 e. The van der Waals surface area contributed by atoms with Gasteiger partial charge in [0.15, 0.2) is 11.6 Å². The molecule has 1 saturated heterocycles. The van der Waals surface area contributed by atoms with Crippen LogP contribution in [0, 0.1) is 17.6 Å². The summed E-state index contributed by atoms with van der Waals surface area (Å²) >= 11 is 0. The third kappa shape index (κ3) is 4.72. The average molecular weight is 332 g/mol. The third-order valence-corrected chi connectivity index (χ3v) is 5.34. The second-order valence-corrected chi connectivity index (χ2v) is 7.64. The quantitative estimate of drug-likeness (QED) is 0.814. The monoisotopic (exact) mass is 332 g/mol. The Morgan fingerprint density at radius 3 is 2.77 bits per heavy atom. The van der Waals surface area contributed by atoms with Crippen LogP contribution in [-0.2, 0) is 10.0 Å². The molecular weight excluding hydrogens is 310 g/mol. The van der Waals surface area contributed by atoms with Gasteiger partial charge in [-0.15, -0.1) is 0 Å². The molecule has 0 bridgehead atoms. The molecular formula is C15H22F2N2O2S. The number of sulfonamides is 1. The van der Waals surface area contributed by atoms with Gasteiger partial charge in [0, 0.05) is 13.1 Å². The first-order valence-electron chi connectivity index (χ1n) is 7.55. The Hall–Kier alpha value is -1.05. The molecule has 0 spiro atoms. The normalized spacial score (nSPS) is 20.2. The van der Waals surface area contributed by atoms with Crippen molar-refractivity contribution in [2.24, 2.45) is 5.92 Å². The van der Waals surface area contributed by atoms with E-state index in [2.05, 4.69) is 16.5 Å². The van der Waals surface area contributed by atoms with Crippen LogP contribution in [0.1, 0.15) is 26.2 Å². The van der Waals surface area contributed by atoms with Crippen LogP contribution in [-0.4, -0.2) is 39.5 Å². The van der Waals surface area contributed by atoms with E-state index in [1.807, 2.05) is 0 Å². The van der Waals surface area contributed by atoms with Crippen LogP contribution in [0.4, 0.5) is 8.78 Å². The number of likely N-dealkylation sites (tertiary alicyclic amines) is 1. The van der Waals surface area contributed by atoms with Crippen molar-refractivity contribution in [2.45, 2.75) is 31.1 Å². The Morgan fingerprint density at radius 1 is 1.32 bits per heavy atom. The molecule has 1 fully saturated rings. The van der Waals surface area contributed by atoms with Crippen LogP contribution in [0.15, 0.2) is 23.1 Å². The highest BCUT2D eigenvalue weighted by molar-refractivity contribution is 7.89. The molecule has 1 aromatic carbocycles. The van der Waals surface area contributed by atoms with Gasteiger partial charge in [-0.2, -0.15) is 0 Å². The zero-order chi connectivity index (χ0) is 16.2. The highest BCUT2D eigenvalue weighted by Crippen LogP contribution is 2.16. The van der Waals surface area contributed by atoms with Crippen molar-refractivity contribution < 1.29 is 17.2 Å². The number of piperidine rings is 1. The molecule has 0 saturated carbocycles. The lowest BCUT2D eigenvalue weighted by atomic mass is 10.0. The fourth-order valence-corrected chi connectivity index (χ4v) is 3.81. The Morgan fingerprint density at radius 2 is 2.09 bits per heavy atom. The molecule has 1 aromatic rings. The lowest BCUT2D eigenvalue weighted by molar-refractivity contribution is 0.182. The summed E-state index contributed by atoms with van der Waals surface area (Å²) < 4.78 is 52.3. The van der Waals surface area contributed by atoms with Gasteiger partial charge in [0.2, 0.25) is 10.0 Å². The lowest BCUT2D eigenvalue weighted by Crippen LogP contribution is -2.36. The summed E-state index contributed by atoms with van der Waals surface area (Å²) in [4.78, 5) is 2.08. The predicted molar refractivity (Wildman–Crippen MR) is 81.0 cm³/mol. The van der Waals surface area contributed by atoms with E-state index in [4.69, 9.17) is 0 Å². The average Bonchev–Trinajstić information content (AvgIpc) is 2.46. The molecule has 0 unspecified atom stereocenters. The summed E-state index contributed by atoms with van der Waals surface area (Å²) in [5.41, 5.74) is 0. The highest BCUT2D eigenvalue weighted by Gasteiger charge is 2.18. The SMILES string of the molecule is C[C@@H]1CCCN(CCCNS(=O)(=O)c2ccc(F)c(F)c2)C1. The first-order valence-corrected chi connectivity index (χ1v) is 9.04. The molecule has 1 aliphatic heterocycles. The second-order valence-electron chi connectivity index (χ2n) is 5.88. The van der Waals surface area contributed by atoms with Gasteiger partial charge in [-0.05, 0) is 56.5 Å². The van der Waals surface area contributed by atoms with Crippen LogP contribution >= 0.6 is 0 Å². The summed E-state index contributed by atoms with van der Waals surface area (Å²) in [6, 6.07) is 2.58. The molecule has 0 aliphatic carbocycles. The molecule has 1 aliphatic rings. The topological polar surface area (TPSA) is 49.4 Å². The maximum Gasteiger partial charge on any atom is 0.240 e. The number of benzene rings is 1. The Labute approximate surface area is 130 Å². The van der Waals surface area contributed by atoms with Gasteiger partial charge in [0.25, 0.3) is 0 Å². The molecule has 0 aromatic heterocycles. The van der Waals surface area contributed by atoms with Crippen molar-refractivity contribution in [2.75, 3.05) is 26.2 Å². The zero-order valence-electron chi connectivity index (χ0n) is 12.7. The fraction of sp³-hybridized carbons (Fsp3) is 0.600. The van der Waals surface area contributed by atoms with Gasteiger partial charge in [0.1, 0.15) is 0 Å². The second kappa shape index (κ2) is 7.48. The van der Waals surface area contributed by atoms with E-state index in [-0.39, 0.29) is 11.4 Å². The number of rotatable bonds is 6. The van der Waals surface area contributed by atoms with Crippen LogP contribution < -0.4 is 4.72 Å². The van der Waals surface area contributed by atoms with Crippen molar-refractivity contribution in [3.8, 4) is 0 Å². The van der Waals surface area contributed by atoms with Crippen molar-refractivity contribution in [3.63, 3.8) is 0 Å². The van der Waals surface area contributed by atoms with E-state index in [0.29, 0.717) is 18.4 Å². The van der Waals surface area contributed by atoms with E-state index >= 15 is 0 Å². The highest BCUT2D eigenvalue weighted by atomic mass is 32.2. The number of hydrogen-bond acceptors (Lipinski definition) is 3. The molecule has 4 nitrogen and oxygen atoms in total. The molecule has 0 amide bonds. The van der Waals surface area contributed by atoms with Gasteiger partial charge in [-0.1, -0.05) is 6.92 Å². The standard InChI is InChI=1S/C15H22F2N2O2S/c1-12-4-2-8-19(11-12)9-3-7-18-22(20,21)13-5-6-14(16)15(17)10-13/h5-6,10,12,18H,2-4,7-9,11H2,1H3/t12-/m1/s1. The van der Waals surface area contributed by atoms with Crippen molar-refractivity contribution in [1.82, 2.24) is 9.62 Å². The molecule has 7 heteroatoms. The molecule has 1 atom stereocenters. The Kier molecular flexibility index (Phi) is 5.88. The number of hydrogen-bond donors (Lipinski definition) is 1. The minimum atomic E-state index is -3.79. The van der Waals surface area contributed by atoms with Crippen LogP contribution in [0.2, 0.25) is 0 Å². The van der Waals surface area contributed by atoms with Crippen LogP contribution in [0.5, 0.6) is 0 Å². The summed E-state index contributed by atoms with van der Waals surface area (Å²) in [5, 5.41) is 0. The minimum absolute atomic E-state index is 0.252. The maximum absolute atomic E-state index is 13.1. The third-order valence-electron chi connectivity index (χ3n) is 3.89. The first kappa shape index (κ1) is 17.3. The van der Waals surface area contributed by atoms with Gasteiger partial charge in [0.05, 0.1) is 4.90 Å². The molecule has 124 valence electrons. The Bertz CT molecular complexity index is 608. The molecule has 1 N–H and O–H groups in total. The van der Waals surface area contributed by atoms with Gasteiger partial charge >= 0.3 is 0 Å². The molecule has 0 radical (unpaired) electrons. The number of nitrogens with zero attached hydrogens (tertiary/aromatic N) is 1. The molecule has 22 heavy (non-hydrogen) atoms. The van der Waals surface area contributed by atoms with E-state index in [1.165, 1.54) is 12.8 Å². The van der Waals surface area contributed by atoms with Crippen LogP contribution in [0.3, 0.4) is 0 Å². The lowest BCUT2D eigenvalue weighted by Gasteiger charge is -2.30. The van der Waals surface area contributed by atoms with Crippen molar-refractivity contribution in [3.05, 3.63) is 29.8 Å². The van der Waals surface area contributed by atoms with E-state index < -0.39 is 21.7 Å². The van der Waals surface area contributed by atoms with Crippen LogP contribution in [0.25, 0.3) is 0 Å². The summed E-state index contributed by atoms with van der Waals surface area (Å²) in [6.45, 7) is 5.45. The Balaban J connectivity index is 1.81. The van der Waals surface area contributed by atoms with Gasteiger partial charge in [-0.3, -0.25) is 0 Å². The van der Waals surface area contributed by atoms with Gasteiger partial charge in [-0.25, -0.2) is 21.9 Å². The van der Waals surface area contributed by atoms with E-state index in [1.54, 1.807) is 0 Å².